The number of anilines is 1. The highest BCUT2D eigenvalue weighted by molar-refractivity contribution is 6.05. The second-order valence-corrected chi connectivity index (χ2v) is 4.99. The van der Waals surface area contributed by atoms with Crippen LogP contribution in [-0.2, 0) is 14.3 Å². The van der Waals surface area contributed by atoms with Gasteiger partial charge in [0.25, 0.3) is 5.91 Å². The summed E-state index contributed by atoms with van der Waals surface area (Å²) in [7, 11) is 0. The molecule has 1 amide bonds. The maximum absolute atomic E-state index is 12.5. The normalized spacial score (nSPS) is 11.4. The zero-order valence-electron chi connectivity index (χ0n) is 12.9. The molecule has 0 spiro atoms. The van der Waals surface area contributed by atoms with Crippen LogP contribution in [0.1, 0.15) is 35.9 Å². The molecule has 0 fully saturated rings. The van der Waals surface area contributed by atoms with Crippen molar-refractivity contribution in [3.05, 3.63) is 65.7 Å². The number of benzene rings is 2. The molecule has 0 aromatic heterocycles. The van der Waals surface area contributed by atoms with Gasteiger partial charge in [-0.1, -0.05) is 42.5 Å². The van der Waals surface area contributed by atoms with Crippen LogP contribution in [0.3, 0.4) is 0 Å². The number of para-hydroxylation sites is 1. The molecule has 2 rings (SSSR count). The Bertz CT molecular complexity index is 725. The van der Waals surface area contributed by atoms with E-state index >= 15 is 0 Å². The SMILES string of the molecule is CC(=O)O[C@H](C(=O)Nc1ccccc1C(C)=O)c1ccccc1. The topological polar surface area (TPSA) is 72.5 Å². The number of hydrogen-bond donors (Lipinski definition) is 1. The lowest BCUT2D eigenvalue weighted by atomic mass is 10.1. The number of ketones is 1. The maximum Gasteiger partial charge on any atom is 0.303 e. The molecular formula is C18H17NO4. The Morgan fingerprint density at radius 2 is 1.52 bits per heavy atom. The van der Waals surface area contributed by atoms with E-state index in [4.69, 9.17) is 4.74 Å². The van der Waals surface area contributed by atoms with Gasteiger partial charge in [0.05, 0.1) is 5.69 Å². The lowest BCUT2D eigenvalue weighted by Crippen LogP contribution is -2.25. The molecule has 0 aliphatic heterocycles. The number of hydrogen-bond acceptors (Lipinski definition) is 4. The number of nitrogens with one attached hydrogen (secondary N) is 1. The molecule has 0 saturated carbocycles. The molecule has 2 aromatic carbocycles. The fourth-order valence-corrected chi connectivity index (χ4v) is 2.16. The van der Waals surface area contributed by atoms with E-state index in [1.165, 1.54) is 13.8 Å². The van der Waals surface area contributed by atoms with Crippen LogP contribution in [0.15, 0.2) is 54.6 Å². The molecule has 0 saturated heterocycles. The lowest BCUT2D eigenvalue weighted by molar-refractivity contribution is -0.152. The average molecular weight is 311 g/mol. The average Bonchev–Trinajstić information content (AvgIpc) is 2.53. The Morgan fingerprint density at radius 1 is 0.913 bits per heavy atom. The van der Waals surface area contributed by atoms with Gasteiger partial charge in [-0.2, -0.15) is 0 Å². The van der Waals surface area contributed by atoms with Crippen LogP contribution in [-0.4, -0.2) is 17.7 Å². The van der Waals surface area contributed by atoms with Gasteiger partial charge in [-0.15, -0.1) is 0 Å². The lowest BCUT2D eigenvalue weighted by Gasteiger charge is -2.18. The predicted molar refractivity (Wildman–Crippen MR) is 86.0 cm³/mol. The summed E-state index contributed by atoms with van der Waals surface area (Å²) < 4.78 is 5.13. The van der Waals surface area contributed by atoms with Crippen molar-refractivity contribution in [1.82, 2.24) is 0 Å². The molecular weight excluding hydrogens is 294 g/mol. The Kier molecular flexibility index (Phi) is 5.25. The Hall–Kier alpha value is -2.95. The van der Waals surface area contributed by atoms with Crippen LogP contribution < -0.4 is 5.32 Å². The minimum absolute atomic E-state index is 0.162. The number of carbonyl (C=O) groups excluding carboxylic acids is 3. The Balaban J connectivity index is 2.29. The predicted octanol–water partition coefficient (Wildman–Crippen LogP) is 3.13. The molecule has 1 N–H and O–H groups in total. The number of carbonyl (C=O) groups is 3. The first-order chi connectivity index (χ1) is 11.0. The summed E-state index contributed by atoms with van der Waals surface area (Å²) in [6, 6.07) is 15.4. The standard InChI is InChI=1S/C18H17NO4/c1-12(20)15-10-6-7-11-16(15)19-18(22)17(23-13(2)21)14-8-4-3-5-9-14/h3-11,17H,1-2H3,(H,19,22)/t17-/m0/s1. The zero-order chi connectivity index (χ0) is 16.8. The highest BCUT2D eigenvalue weighted by atomic mass is 16.5. The third kappa shape index (κ3) is 4.26. The van der Waals surface area contributed by atoms with Gasteiger partial charge in [0.1, 0.15) is 0 Å². The zero-order valence-corrected chi connectivity index (χ0v) is 12.9. The molecule has 2 aromatic rings. The maximum atomic E-state index is 12.5. The summed E-state index contributed by atoms with van der Waals surface area (Å²) in [4.78, 5) is 35.5. The van der Waals surface area contributed by atoms with Crippen molar-refractivity contribution < 1.29 is 19.1 Å². The summed E-state index contributed by atoms with van der Waals surface area (Å²) in [6.07, 6.45) is -1.08. The molecule has 0 heterocycles. The summed E-state index contributed by atoms with van der Waals surface area (Å²) >= 11 is 0. The van der Waals surface area contributed by atoms with Gasteiger partial charge in [-0.3, -0.25) is 14.4 Å². The molecule has 0 aliphatic rings. The molecule has 118 valence electrons. The smallest absolute Gasteiger partial charge is 0.303 e. The fourth-order valence-electron chi connectivity index (χ4n) is 2.16. The summed E-state index contributed by atoms with van der Waals surface area (Å²) in [5.74, 6) is -1.24. The van der Waals surface area contributed by atoms with Crippen molar-refractivity contribution in [2.24, 2.45) is 0 Å². The van der Waals surface area contributed by atoms with Gasteiger partial charge < -0.3 is 10.1 Å². The first kappa shape index (κ1) is 16.4. The molecule has 5 heteroatoms. The van der Waals surface area contributed by atoms with Gasteiger partial charge in [0, 0.05) is 18.1 Å². The van der Waals surface area contributed by atoms with E-state index in [1.54, 1.807) is 54.6 Å². The number of Topliss-reactive ketones (excluding diaryl/α,β-unsaturated/α-hetero) is 1. The van der Waals surface area contributed by atoms with Crippen LogP contribution in [0.5, 0.6) is 0 Å². The van der Waals surface area contributed by atoms with Crippen molar-refractivity contribution >= 4 is 23.3 Å². The molecule has 23 heavy (non-hydrogen) atoms. The van der Waals surface area contributed by atoms with Crippen molar-refractivity contribution in [2.45, 2.75) is 20.0 Å². The first-order valence-electron chi connectivity index (χ1n) is 7.12. The van der Waals surface area contributed by atoms with Gasteiger partial charge in [-0.05, 0) is 19.1 Å². The van der Waals surface area contributed by atoms with Crippen LogP contribution in [0.25, 0.3) is 0 Å². The van der Waals surface area contributed by atoms with E-state index in [1.807, 2.05) is 0 Å². The van der Waals surface area contributed by atoms with Crippen LogP contribution in [0.2, 0.25) is 0 Å². The Labute approximate surface area is 134 Å². The second-order valence-electron chi connectivity index (χ2n) is 4.99. The number of esters is 1. The minimum Gasteiger partial charge on any atom is -0.447 e. The number of amides is 1. The van der Waals surface area contributed by atoms with E-state index in [9.17, 15) is 14.4 Å². The van der Waals surface area contributed by atoms with Gasteiger partial charge in [0.15, 0.2) is 5.78 Å². The first-order valence-corrected chi connectivity index (χ1v) is 7.12. The summed E-state index contributed by atoms with van der Waals surface area (Å²) in [5.41, 5.74) is 1.34. The highest BCUT2D eigenvalue weighted by Gasteiger charge is 2.24. The van der Waals surface area contributed by atoms with E-state index in [0.29, 0.717) is 16.8 Å². The third-order valence-electron chi connectivity index (χ3n) is 3.19. The van der Waals surface area contributed by atoms with Gasteiger partial charge in [-0.25, -0.2) is 0 Å². The molecule has 1 atom stereocenters. The van der Waals surface area contributed by atoms with Crippen LogP contribution in [0, 0.1) is 0 Å². The van der Waals surface area contributed by atoms with Gasteiger partial charge in [0.2, 0.25) is 6.10 Å². The monoisotopic (exact) mass is 311 g/mol. The molecule has 5 nitrogen and oxygen atoms in total. The van der Waals surface area contributed by atoms with E-state index in [-0.39, 0.29) is 5.78 Å². The largest absolute Gasteiger partial charge is 0.447 e. The quantitative estimate of drug-likeness (QED) is 0.680. The van der Waals surface area contributed by atoms with Crippen molar-refractivity contribution in [3.8, 4) is 0 Å². The minimum atomic E-state index is -1.08. The van der Waals surface area contributed by atoms with Crippen molar-refractivity contribution in [3.63, 3.8) is 0 Å². The van der Waals surface area contributed by atoms with E-state index in [2.05, 4.69) is 5.32 Å². The van der Waals surface area contributed by atoms with Crippen LogP contribution >= 0.6 is 0 Å². The van der Waals surface area contributed by atoms with E-state index < -0.39 is 18.0 Å². The Morgan fingerprint density at radius 3 is 2.13 bits per heavy atom. The van der Waals surface area contributed by atoms with Gasteiger partial charge >= 0.3 is 5.97 Å². The number of ether oxygens (including phenoxy) is 1. The molecule has 0 radical (unpaired) electrons. The third-order valence-corrected chi connectivity index (χ3v) is 3.19. The molecule has 0 bridgehead atoms. The van der Waals surface area contributed by atoms with Crippen LogP contribution in [0.4, 0.5) is 5.69 Å². The fraction of sp³-hybridized carbons (Fsp3) is 0.167. The molecule has 0 unspecified atom stereocenters. The number of rotatable bonds is 5. The summed E-state index contributed by atoms with van der Waals surface area (Å²) in [5, 5.41) is 2.66. The van der Waals surface area contributed by atoms with Crippen molar-refractivity contribution in [1.29, 1.82) is 0 Å². The second kappa shape index (κ2) is 7.35. The molecule has 0 aliphatic carbocycles. The van der Waals surface area contributed by atoms with E-state index in [0.717, 1.165) is 0 Å². The van der Waals surface area contributed by atoms with Crippen molar-refractivity contribution in [2.75, 3.05) is 5.32 Å². The summed E-state index contributed by atoms with van der Waals surface area (Å²) in [6.45, 7) is 2.67. The highest BCUT2D eigenvalue weighted by Crippen LogP contribution is 2.22.